The van der Waals surface area contributed by atoms with E-state index in [1.165, 1.54) is 0 Å². The van der Waals surface area contributed by atoms with Crippen molar-refractivity contribution in [3.63, 3.8) is 0 Å². The van der Waals surface area contributed by atoms with E-state index >= 15 is 0 Å². The van der Waals surface area contributed by atoms with Crippen LogP contribution in [0.25, 0.3) is 0 Å². The summed E-state index contributed by atoms with van der Waals surface area (Å²) in [6.07, 6.45) is 3.47. The minimum atomic E-state index is 0.0488. The maximum absolute atomic E-state index is 11.8. The lowest BCUT2D eigenvalue weighted by Crippen LogP contribution is -2.26. The summed E-state index contributed by atoms with van der Waals surface area (Å²) in [5, 5.41) is 5.97. The minimum absolute atomic E-state index is 0.0488. The number of anilines is 1. The topological polar surface area (TPSA) is 59.6 Å². The van der Waals surface area contributed by atoms with Gasteiger partial charge in [0.05, 0.1) is 13.2 Å². The highest BCUT2D eigenvalue weighted by molar-refractivity contribution is 5.90. The molecule has 2 N–H and O–H groups in total. The van der Waals surface area contributed by atoms with Gasteiger partial charge in [-0.05, 0) is 50.7 Å². The van der Waals surface area contributed by atoms with Gasteiger partial charge in [0.25, 0.3) is 0 Å². The molecule has 1 heterocycles. The van der Waals surface area contributed by atoms with Crippen LogP contribution in [0.15, 0.2) is 18.2 Å². The first kappa shape index (κ1) is 16.8. The molecule has 22 heavy (non-hydrogen) atoms. The molecule has 0 atom stereocenters. The van der Waals surface area contributed by atoms with Crippen molar-refractivity contribution in [2.24, 2.45) is 0 Å². The maximum Gasteiger partial charge on any atom is 0.224 e. The lowest BCUT2D eigenvalue weighted by Gasteiger charge is -2.24. The third-order valence-electron chi connectivity index (χ3n) is 3.75. The van der Waals surface area contributed by atoms with Crippen molar-refractivity contribution in [3.8, 4) is 5.75 Å². The van der Waals surface area contributed by atoms with Crippen molar-refractivity contribution < 1.29 is 14.3 Å². The van der Waals surface area contributed by atoms with E-state index in [9.17, 15) is 4.79 Å². The molecule has 0 spiro atoms. The second kappa shape index (κ2) is 8.76. The first-order chi connectivity index (χ1) is 10.7. The number of carbonyl (C=O) groups is 1. The molecule has 1 fully saturated rings. The second-order valence-electron chi connectivity index (χ2n) is 5.67. The fourth-order valence-corrected chi connectivity index (χ4v) is 2.48. The molecule has 2 rings (SSSR count). The van der Waals surface area contributed by atoms with Crippen molar-refractivity contribution in [3.05, 3.63) is 23.8 Å². The van der Waals surface area contributed by atoms with Crippen molar-refractivity contribution in [1.82, 2.24) is 5.32 Å². The average Bonchev–Trinajstić information content (AvgIpc) is 2.51. The average molecular weight is 306 g/mol. The van der Waals surface area contributed by atoms with E-state index in [4.69, 9.17) is 9.47 Å². The standard InChI is InChI=1S/C17H26N2O3/c1-13-12-14(19-17(20)4-3-9-18-2)5-6-16(13)22-15-7-10-21-11-8-15/h5-6,12,15,18H,3-4,7-11H2,1-2H3,(H,19,20). The van der Waals surface area contributed by atoms with E-state index in [0.717, 1.165) is 56.0 Å². The van der Waals surface area contributed by atoms with Gasteiger partial charge in [0.1, 0.15) is 11.9 Å². The number of nitrogens with one attached hydrogen (secondary N) is 2. The van der Waals surface area contributed by atoms with Crippen LogP contribution in [0.3, 0.4) is 0 Å². The highest BCUT2D eigenvalue weighted by Gasteiger charge is 2.16. The number of rotatable bonds is 7. The Morgan fingerprint density at radius 3 is 2.82 bits per heavy atom. The van der Waals surface area contributed by atoms with Crippen LogP contribution in [0.5, 0.6) is 5.75 Å². The van der Waals surface area contributed by atoms with Gasteiger partial charge in [-0.1, -0.05) is 0 Å². The first-order valence-electron chi connectivity index (χ1n) is 7.98. The van der Waals surface area contributed by atoms with Crippen molar-refractivity contribution >= 4 is 11.6 Å². The predicted octanol–water partition coefficient (Wildman–Crippen LogP) is 2.49. The summed E-state index contributed by atoms with van der Waals surface area (Å²) in [7, 11) is 1.89. The summed E-state index contributed by atoms with van der Waals surface area (Å²) >= 11 is 0. The molecule has 5 heteroatoms. The molecule has 0 radical (unpaired) electrons. The van der Waals surface area contributed by atoms with Gasteiger partial charge >= 0.3 is 0 Å². The number of hydrogen-bond acceptors (Lipinski definition) is 4. The van der Waals surface area contributed by atoms with Crippen LogP contribution < -0.4 is 15.4 Å². The van der Waals surface area contributed by atoms with Gasteiger partial charge in [0.15, 0.2) is 0 Å². The monoisotopic (exact) mass is 306 g/mol. The van der Waals surface area contributed by atoms with Crippen LogP contribution in [0.1, 0.15) is 31.2 Å². The second-order valence-corrected chi connectivity index (χ2v) is 5.67. The quantitative estimate of drug-likeness (QED) is 0.760. The van der Waals surface area contributed by atoms with Gasteiger partial charge < -0.3 is 20.1 Å². The van der Waals surface area contributed by atoms with Crippen molar-refractivity contribution in [1.29, 1.82) is 0 Å². The molecular weight excluding hydrogens is 280 g/mol. The van der Waals surface area contributed by atoms with E-state index < -0.39 is 0 Å². The van der Waals surface area contributed by atoms with Crippen LogP contribution in [-0.4, -0.2) is 38.8 Å². The molecule has 122 valence electrons. The van der Waals surface area contributed by atoms with Crippen molar-refractivity contribution in [2.45, 2.75) is 38.7 Å². The predicted molar refractivity (Wildman–Crippen MR) is 87.4 cm³/mol. The molecule has 0 saturated carbocycles. The van der Waals surface area contributed by atoms with Gasteiger partial charge in [-0.25, -0.2) is 0 Å². The molecular formula is C17H26N2O3. The van der Waals surface area contributed by atoms with Crippen LogP contribution in [0, 0.1) is 6.92 Å². The zero-order valence-electron chi connectivity index (χ0n) is 13.5. The highest BCUT2D eigenvalue weighted by atomic mass is 16.5. The molecule has 1 aromatic carbocycles. The Kier molecular flexibility index (Phi) is 6.68. The van der Waals surface area contributed by atoms with Gasteiger partial charge in [0.2, 0.25) is 5.91 Å². The lowest BCUT2D eigenvalue weighted by molar-refractivity contribution is -0.116. The largest absolute Gasteiger partial charge is 0.490 e. The zero-order chi connectivity index (χ0) is 15.8. The first-order valence-corrected chi connectivity index (χ1v) is 7.98. The third kappa shape index (κ3) is 5.31. The zero-order valence-corrected chi connectivity index (χ0v) is 13.5. The van der Waals surface area contributed by atoms with Crippen LogP contribution in [0.4, 0.5) is 5.69 Å². The highest BCUT2D eigenvalue weighted by Crippen LogP contribution is 2.25. The van der Waals surface area contributed by atoms with E-state index in [1.807, 2.05) is 32.2 Å². The number of amides is 1. The number of hydrogen-bond donors (Lipinski definition) is 2. The summed E-state index contributed by atoms with van der Waals surface area (Å²) in [4.78, 5) is 11.8. The Morgan fingerprint density at radius 1 is 1.36 bits per heavy atom. The maximum atomic E-state index is 11.8. The van der Waals surface area contributed by atoms with E-state index in [0.29, 0.717) is 6.42 Å². The Balaban J connectivity index is 1.87. The summed E-state index contributed by atoms with van der Waals surface area (Å²) in [5.41, 5.74) is 1.87. The molecule has 5 nitrogen and oxygen atoms in total. The molecule has 1 aliphatic heterocycles. The van der Waals surface area contributed by atoms with Crippen LogP contribution >= 0.6 is 0 Å². The van der Waals surface area contributed by atoms with E-state index in [1.54, 1.807) is 0 Å². The molecule has 1 aliphatic rings. The molecule has 0 aliphatic carbocycles. The molecule has 1 saturated heterocycles. The number of benzene rings is 1. The Hall–Kier alpha value is -1.59. The SMILES string of the molecule is CNCCCC(=O)Nc1ccc(OC2CCOCC2)c(C)c1. The van der Waals surface area contributed by atoms with Crippen LogP contribution in [0.2, 0.25) is 0 Å². The third-order valence-corrected chi connectivity index (χ3v) is 3.75. The Morgan fingerprint density at radius 2 is 2.14 bits per heavy atom. The number of aryl methyl sites for hydroxylation is 1. The Labute approximate surface area is 132 Å². The van der Waals surface area contributed by atoms with Crippen LogP contribution in [-0.2, 0) is 9.53 Å². The molecule has 0 bridgehead atoms. The normalized spacial score (nSPS) is 15.5. The fraction of sp³-hybridized carbons (Fsp3) is 0.588. The number of ether oxygens (including phenoxy) is 2. The smallest absolute Gasteiger partial charge is 0.224 e. The minimum Gasteiger partial charge on any atom is -0.490 e. The molecule has 0 unspecified atom stereocenters. The molecule has 0 aromatic heterocycles. The number of carbonyl (C=O) groups excluding carboxylic acids is 1. The lowest BCUT2D eigenvalue weighted by atomic mass is 10.1. The van der Waals surface area contributed by atoms with Crippen molar-refractivity contribution in [2.75, 3.05) is 32.1 Å². The summed E-state index contributed by atoms with van der Waals surface area (Å²) < 4.78 is 11.4. The summed E-state index contributed by atoms with van der Waals surface area (Å²) in [6, 6.07) is 5.80. The summed E-state index contributed by atoms with van der Waals surface area (Å²) in [5.74, 6) is 0.938. The van der Waals surface area contributed by atoms with Gasteiger partial charge in [-0.3, -0.25) is 4.79 Å². The molecule has 1 amide bonds. The van der Waals surface area contributed by atoms with Gasteiger partial charge in [0, 0.05) is 24.9 Å². The van der Waals surface area contributed by atoms with Gasteiger partial charge in [-0.2, -0.15) is 0 Å². The van der Waals surface area contributed by atoms with Gasteiger partial charge in [-0.15, -0.1) is 0 Å². The fourth-order valence-electron chi connectivity index (χ4n) is 2.48. The Bertz CT molecular complexity index is 485. The molecule has 1 aromatic rings. The summed E-state index contributed by atoms with van der Waals surface area (Å²) in [6.45, 7) is 4.39. The van der Waals surface area contributed by atoms with E-state index in [-0.39, 0.29) is 12.0 Å². The van der Waals surface area contributed by atoms with E-state index in [2.05, 4.69) is 10.6 Å².